The summed E-state index contributed by atoms with van der Waals surface area (Å²) < 4.78 is 0. The molecular weight excluding hydrogens is 347 g/mol. The minimum absolute atomic E-state index is 0.138. The maximum absolute atomic E-state index is 12.4. The van der Waals surface area contributed by atoms with E-state index >= 15 is 0 Å². The van der Waals surface area contributed by atoms with E-state index < -0.39 is 0 Å². The van der Waals surface area contributed by atoms with Gasteiger partial charge in [-0.15, -0.1) is 0 Å². The highest BCUT2D eigenvalue weighted by Crippen LogP contribution is 2.26. The lowest BCUT2D eigenvalue weighted by atomic mass is 10.2. The third kappa shape index (κ3) is 3.74. The van der Waals surface area contributed by atoms with Crippen molar-refractivity contribution in [3.05, 3.63) is 52.3 Å². The smallest absolute Gasteiger partial charge is 0.322 e. The zero-order valence-corrected chi connectivity index (χ0v) is 14.8. The van der Waals surface area contributed by atoms with Crippen molar-refractivity contribution in [3.8, 4) is 0 Å². The average molecular weight is 365 g/mol. The molecule has 24 heavy (non-hydrogen) atoms. The van der Waals surface area contributed by atoms with E-state index in [1.165, 1.54) is 0 Å². The maximum atomic E-state index is 12.4. The van der Waals surface area contributed by atoms with E-state index in [0.29, 0.717) is 28.8 Å². The number of rotatable bonds is 2. The van der Waals surface area contributed by atoms with E-state index in [0.717, 1.165) is 24.3 Å². The van der Waals surface area contributed by atoms with Gasteiger partial charge in [-0.2, -0.15) is 0 Å². The number of nitrogens with zero attached hydrogens (tertiary/aromatic N) is 3. The second kappa shape index (κ2) is 7.28. The monoisotopic (exact) mass is 364 g/mol. The molecule has 0 bridgehead atoms. The molecule has 0 saturated carbocycles. The van der Waals surface area contributed by atoms with E-state index in [1.807, 2.05) is 31.2 Å². The largest absolute Gasteiger partial charge is 0.367 e. The van der Waals surface area contributed by atoms with Crippen molar-refractivity contribution in [1.29, 1.82) is 0 Å². The van der Waals surface area contributed by atoms with Crippen molar-refractivity contribution in [2.75, 3.05) is 36.4 Å². The molecule has 126 valence electrons. The number of anilines is 2. The second-order valence-corrected chi connectivity index (χ2v) is 6.53. The number of amides is 2. The summed E-state index contributed by atoms with van der Waals surface area (Å²) in [6, 6.07) is 7.33. The summed E-state index contributed by atoms with van der Waals surface area (Å²) >= 11 is 12.4. The number of piperazine rings is 1. The lowest BCUT2D eigenvalue weighted by molar-refractivity contribution is 0.208. The predicted molar refractivity (Wildman–Crippen MR) is 98.2 cm³/mol. The van der Waals surface area contributed by atoms with Gasteiger partial charge in [0.25, 0.3) is 0 Å². The molecule has 2 heterocycles. The van der Waals surface area contributed by atoms with Gasteiger partial charge in [0, 0.05) is 38.6 Å². The number of carbonyl (C=O) groups is 1. The molecule has 1 aromatic heterocycles. The second-order valence-electron chi connectivity index (χ2n) is 5.71. The topological polar surface area (TPSA) is 48.5 Å². The van der Waals surface area contributed by atoms with Crippen molar-refractivity contribution >= 4 is 40.6 Å². The molecule has 2 aromatic rings. The molecule has 7 heteroatoms. The Hall–Kier alpha value is -1.98. The minimum Gasteiger partial charge on any atom is -0.367 e. The molecular formula is C17H18Cl2N4O. The Balaban J connectivity index is 1.60. The van der Waals surface area contributed by atoms with Crippen LogP contribution in [0.25, 0.3) is 0 Å². The molecule has 3 rings (SSSR count). The van der Waals surface area contributed by atoms with Crippen LogP contribution in [0, 0.1) is 6.92 Å². The number of aryl methyl sites for hydroxylation is 1. The molecule has 1 N–H and O–H groups in total. The van der Waals surface area contributed by atoms with Crippen LogP contribution < -0.4 is 10.2 Å². The van der Waals surface area contributed by atoms with Gasteiger partial charge in [0.2, 0.25) is 0 Å². The van der Waals surface area contributed by atoms with Gasteiger partial charge in [-0.05, 0) is 30.7 Å². The molecule has 1 saturated heterocycles. The molecule has 0 radical (unpaired) electrons. The number of aromatic nitrogens is 1. The quantitative estimate of drug-likeness (QED) is 0.874. The fourth-order valence-corrected chi connectivity index (χ4v) is 3.21. The summed E-state index contributed by atoms with van der Waals surface area (Å²) in [7, 11) is 0. The Kier molecular flexibility index (Phi) is 5.11. The average Bonchev–Trinajstić information content (AvgIpc) is 2.58. The molecule has 0 atom stereocenters. The van der Waals surface area contributed by atoms with Crippen molar-refractivity contribution in [1.82, 2.24) is 9.88 Å². The number of hydrogen-bond acceptors (Lipinski definition) is 3. The van der Waals surface area contributed by atoms with E-state index in [4.69, 9.17) is 23.2 Å². The molecule has 1 fully saturated rings. The lowest BCUT2D eigenvalue weighted by Crippen LogP contribution is -2.50. The molecule has 5 nitrogen and oxygen atoms in total. The molecule has 0 aliphatic carbocycles. The van der Waals surface area contributed by atoms with Gasteiger partial charge in [0.05, 0.1) is 21.4 Å². The van der Waals surface area contributed by atoms with E-state index in [2.05, 4.69) is 15.2 Å². The number of halogens is 2. The number of benzene rings is 1. The summed E-state index contributed by atoms with van der Waals surface area (Å²) in [5.74, 6) is 0. The van der Waals surface area contributed by atoms with Crippen LogP contribution in [-0.2, 0) is 0 Å². The van der Waals surface area contributed by atoms with Gasteiger partial charge < -0.3 is 15.1 Å². The van der Waals surface area contributed by atoms with Gasteiger partial charge in [0.15, 0.2) is 0 Å². The molecule has 1 aliphatic rings. The Morgan fingerprint density at radius 2 is 1.88 bits per heavy atom. The first kappa shape index (κ1) is 16.9. The Morgan fingerprint density at radius 3 is 2.54 bits per heavy atom. The van der Waals surface area contributed by atoms with Crippen molar-refractivity contribution in [2.45, 2.75) is 6.92 Å². The predicted octanol–water partition coefficient (Wildman–Crippen LogP) is 4.05. The van der Waals surface area contributed by atoms with Crippen LogP contribution in [-0.4, -0.2) is 42.1 Å². The minimum atomic E-state index is -0.138. The van der Waals surface area contributed by atoms with Crippen LogP contribution in [0.2, 0.25) is 10.0 Å². The number of urea groups is 1. The first-order valence-corrected chi connectivity index (χ1v) is 8.47. The molecule has 0 spiro atoms. The van der Waals surface area contributed by atoms with Crippen LogP contribution in [0.1, 0.15) is 5.56 Å². The standard InChI is InChI=1S/C17H18Cl2N4O/c1-12-2-3-15(13(18)10-12)21-17(24)23-8-6-22(7-9-23)16-4-5-20-11-14(16)19/h2-5,10-11H,6-9H2,1H3,(H,21,24). The Bertz CT molecular complexity index is 745. The van der Waals surface area contributed by atoms with Crippen molar-refractivity contribution in [3.63, 3.8) is 0 Å². The van der Waals surface area contributed by atoms with Crippen LogP contribution in [0.4, 0.5) is 16.2 Å². The molecule has 0 unspecified atom stereocenters. The Labute approximate surface area is 151 Å². The number of pyridine rings is 1. The highest BCUT2D eigenvalue weighted by atomic mass is 35.5. The molecule has 2 amide bonds. The summed E-state index contributed by atoms with van der Waals surface area (Å²) in [5, 5.41) is 4.05. The first-order valence-electron chi connectivity index (χ1n) is 7.71. The number of carbonyl (C=O) groups excluding carboxylic acids is 1. The van der Waals surface area contributed by atoms with Gasteiger partial charge >= 0.3 is 6.03 Å². The zero-order valence-electron chi connectivity index (χ0n) is 13.3. The first-order chi connectivity index (χ1) is 11.5. The number of hydrogen-bond donors (Lipinski definition) is 1. The van der Waals surface area contributed by atoms with Crippen LogP contribution in [0.3, 0.4) is 0 Å². The zero-order chi connectivity index (χ0) is 17.1. The molecule has 1 aliphatic heterocycles. The lowest BCUT2D eigenvalue weighted by Gasteiger charge is -2.36. The molecule has 1 aromatic carbocycles. The van der Waals surface area contributed by atoms with Crippen LogP contribution >= 0.6 is 23.2 Å². The fraction of sp³-hybridized carbons (Fsp3) is 0.294. The van der Waals surface area contributed by atoms with Gasteiger partial charge in [-0.25, -0.2) is 4.79 Å². The normalized spacial score (nSPS) is 14.6. The summed E-state index contributed by atoms with van der Waals surface area (Å²) in [5.41, 5.74) is 2.64. The van der Waals surface area contributed by atoms with Crippen LogP contribution in [0.5, 0.6) is 0 Å². The maximum Gasteiger partial charge on any atom is 0.322 e. The van der Waals surface area contributed by atoms with Gasteiger partial charge in [-0.1, -0.05) is 29.3 Å². The fourth-order valence-electron chi connectivity index (χ4n) is 2.69. The van der Waals surface area contributed by atoms with Gasteiger partial charge in [0.1, 0.15) is 0 Å². The highest BCUT2D eigenvalue weighted by Gasteiger charge is 2.22. The third-order valence-corrected chi connectivity index (χ3v) is 4.63. The summed E-state index contributed by atoms with van der Waals surface area (Å²) in [6.07, 6.45) is 3.36. The Morgan fingerprint density at radius 1 is 1.12 bits per heavy atom. The van der Waals surface area contributed by atoms with E-state index in [1.54, 1.807) is 17.3 Å². The highest BCUT2D eigenvalue weighted by molar-refractivity contribution is 6.33. The summed E-state index contributed by atoms with van der Waals surface area (Å²) in [4.78, 5) is 20.4. The summed E-state index contributed by atoms with van der Waals surface area (Å²) in [6.45, 7) is 4.64. The SMILES string of the molecule is Cc1ccc(NC(=O)N2CCN(c3ccncc3Cl)CC2)c(Cl)c1. The van der Waals surface area contributed by atoms with Gasteiger partial charge in [-0.3, -0.25) is 4.98 Å². The number of nitrogens with one attached hydrogen (secondary N) is 1. The van der Waals surface area contributed by atoms with Crippen molar-refractivity contribution < 1.29 is 4.79 Å². The van der Waals surface area contributed by atoms with E-state index in [-0.39, 0.29) is 6.03 Å². The van der Waals surface area contributed by atoms with Crippen LogP contribution in [0.15, 0.2) is 36.7 Å². The third-order valence-electron chi connectivity index (χ3n) is 4.02. The van der Waals surface area contributed by atoms with Crippen molar-refractivity contribution in [2.24, 2.45) is 0 Å². The van der Waals surface area contributed by atoms with E-state index in [9.17, 15) is 4.79 Å².